The Morgan fingerprint density at radius 3 is 2.38 bits per heavy atom. The summed E-state index contributed by atoms with van der Waals surface area (Å²) in [7, 11) is -4.10. The Kier molecular flexibility index (Phi) is 7.62. The molecule has 32 heavy (non-hydrogen) atoms. The molecule has 1 heterocycles. The summed E-state index contributed by atoms with van der Waals surface area (Å²) in [4.78, 5) is 26.3. The van der Waals surface area contributed by atoms with Gasteiger partial charge in [-0.05, 0) is 24.3 Å². The van der Waals surface area contributed by atoms with Gasteiger partial charge in [0.05, 0.1) is 9.82 Å². The molecule has 2 N–H and O–H groups in total. The summed E-state index contributed by atoms with van der Waals surface area (Å²) in [6.07, 6.45) is 0. The van der Waals surface area contributed by atoms with Crippen LogP contribution in [0.15, 0.2) is 53.4 Å². The van der Waals surface area contributed by atoms with E-state index in [9.17, 15) is 23.3 Å². The summed E-state index contributed by atoms with van der Waals surface area (Å²) < 4.78 is 33.8. The summed E-state index contributed by atoms with van der Waals surface area (Å²) >= 11 is 0. The van der Waals surface area contributed by atoms with E-state index in [4.69, 9.17) is 14.6 Å². The highest BCUT2D eigenvalue weighted by Gasteiger charge is 2.24. The average Bonchev–Trinajstić information content (AvgIpc) is 2.78. The molecule has 0 unspecified atom stereocenters. The van der Waals surface area contributed by atoms with Crippen molar-refractivity contribution in [3.8, 4) is 11.5 Å². The number of amides is 1. The van der Waals surface area contributed by atoms with Crippen LogP contribution in [0.2, 0.25) is 0 Å². The second kappa shape index (κ2) is 10.4. The van der Waals surface area contributed by atoms with Crippen molar-refractivity contribution in [3.05, 3.63) is 58.6 Å². The Bertz CT molecular complexity index is 1050. The molecule has 1 aliphatic rings. The van der Waals surface area contributed by atoms with Gasteiger partial charge in [-0.3, -0.25) is 19.8 Å². The van der Waals surface area contributed by atoms with E-state index in [1.807, 2.05) is 30.3 Å². The lowest BCUT2D eigenvalue weighted by Crippen LogP contribution is -2.50. The Balaban J connectivity index is 1.46. The lowest BCUT2D eigenvalue weighted by molar-refractivity contribution is -0.386. The minimum absolute atomic E-state index is 0.201. The first-order valence-electron chi connectivity index (χ1n) is 9.86. The van der Waals surface area contributed by atoms with Gasteiger partial charge in [0.2, 0.25) is 10.0 Å². The molecule has 0 atom stereocenters. The van der Waals surface area contributed by atoms with E-state index in [-0.39, 0.29) is 11.7 Å². The van der Waals surface area contributed by atoms with Crippen molar-refractivity contribution in [1.82, 2.24) is 9.80 Å². The molecule has 0 bridgehead atoms. The minimum Gasteiger partial charge on any atom is -0.492 e. The molecule has 1 amide bonds. The predicted octanol–water partition coefficient (Wildman–Crippen LogP) is 0.844. The maximum atomic E-state index is 12.5. The first-order chi connectivity index (χ1) is 15.2. The van der Waals surface area contributed by atoms with Gasteiger partial charge in [0.25, 0.3) is 5.91 Å². The fourth-order valence-corrected chi connectivity index (χ4v) is 3.73. The van der Waals surface area contributed by atoms with Crippen molar-refractivity contribution in [2.24, 2.45) is 5.14 Å². The highest BCUT2D eigenvalue weighted by molar-refractivity contribution is 7.89. The van der Waals surface area contributed by atoms with Gasteiger partial charge in [-0.1, -0.05) is 18.2 Å². The number of sulfonamides is 1. The number of rotatable bonds is 9. The molecule has 0 radical (unpaired) electrons. The van der Waals surface area contributed by atoms with Crippen LogP contribution in [0.4, 0.5) is 5.69 Å². The number of hydrogen-bond acceptors (Lipinski definition) is 8. The van der Waals surface area contributed by atoms with Crippen LogP contribution in [0, 0.1) is 10.1 Å². The van der Waals surface area contributed by atoms with Gasteiger partial charge in [-0.25, -0.2) is 13.6 Å². The Labute approximate surface area is 185 Å². The topological polar surface area (TPSA) is 145 Å². The predicted molar refractivity (Wildman–Crippen MR) is 115 cm³/mol. The third-order valence-corrected chi connectivity index (χ3v) is 5.86. The number of carbonyl (C=O) groups excluding carboxylic acids is 1. The number of hydrogen-bond donors (Lipinski definition) is 1. The van der Waals surface area contributed by atoms with Crippen LogP contribution >= 0.6 is 0 Å². The Hall–Kier alpha value is -3.22. The molecule has 0 aromatic heterocycles. The maximum absolute atomic E-state index is 12.5. The Morgan fingerprint density at radius 2 is 1.75 bits per heavy atom. The minimum atomic E-state index is -4.10. The number of para-hydroxylation sites is 1. The van der Waals surface area contributed by atoms with Crippen LogP contribution in [0.3, 0.4) is 0 Å². The lowest BCUT2D eigenvalue weighted by Gasteiger charge is -2.34. The van der Waals surface area contributed by atoms with Crippen molar-refractivity contribution >= 4 is 21.6 Å². The zero-order chi connectivity index (χ0) is 23.1. The van der Waals surface area contributed by atoms with Crippen molar-refractivity contribution in [3.63, 3.8) is 0 Å². The number of carbonyl (C=O) groups is 1. The average molecular weight is 465 g/mol. The monoisotopic (exact) mass is 464 g/mol. The number of piperazine rings is 1. The van der Waals surface area contributed by atoms with E-state index >= 15 is 0 Å². The number of benzene rings is 2. The van der Waals surface area contributed by atoms with Crippen molar-refractivity contribution in [2.75, 3.05) is 45.9 Å². The van der Waals surface area contributed by atoms with E-state index in [2.05, 4.69) is 4.90 Å². The Morgan fingerprint density at radius 1 is 1.06 bits per heavy atom. The molecule has 3 rings (SSSR count). The first-order valence-corrected chi connectivity index (χ1v) is 11.4. The van der Waals surface area contributed by atoms with E-state index in [0.717, 1.165) is 30.5 Å². The zero-order valence-electron chi connectivity index (χ0n) is 17.3. The van der Waals surface area contributed by atoms with E-state index in [0.29, 0.717) is 32.8 Å². The highest BCUT2D eigenvalue weighted by atomic mass is 32.2. The number of nitrogens with zero attached hydrogens (tertiary/aromatic N) is 3. The van der Waals surface area contributed by atoms with Gasteiger partial charge in [0, 0.05) is 38.8 Å². The van der Waals surface area contributed by atoms with Gasteiger partial charge in [-0.2, -0.15) is 0 Å². The molecule has 1 saturated heterocycles. The first kappa shape index (κ1) is 23.4. The zero-order valence-corrected chi connectivity index (χ0v) is 18.1. The smallest absolute Gasteiger partial charge is 0.312 e. The molecule has 11 nitrogen and oxygen atoms in total. The van der Waals surface area contributed by atoms with Gasteiger partial charge >= 0.3 is 5.69 Å². The summed E-state index contributed by atoms with van der Waals surface area (Å²) in [6.45, 7) is 3.22. The van der Waals surface area contributed by atoms with E-state index < -0.39 is 32.1 Å². The van der Waals surface area contributed by atoms with Crippen LogP contribution < -0.4 is 14.6 Å². The third kappa shape index (κ3) is 6.39. The van der Waals surface area contributed by atoms with Gasteiger partial charge in [-0.15, -0.1) is 0 Å². The van der Waals surface area contributed by atoms with Crippen LogP contribution in [0.1, 0.15) is 0 Å². The molecule has 0 spiro atoms. The van der Waals surface area contributed by atoms with E-state index in [1.165, 1.54) is 0 Å². The molecule has 1 fully saturated rings. The molecule has 12 heteroatoms. The number of nitrogens with two attached hydrogens (primary N) is 1. The number of primary sulfonamides is 1. The quantitative estimate of drug-likeness (QED) is 0.424. The fraction of sp³-hybridized carbons (Fsp3) is 0.350. The second-order valence-electron chi connectivity index (χ2n) is 7.10. The van der Waals surface area contributed by atoms with E-state index in [1.54, 1.807) is 4.90 Å². The third-order valence-electron chi connectivity index (χ3n) is 4.95. The normalized spacial score (nSPS) is 14.7. The summed E-state index contributed by atoms with van der Waals surface area (Å²) in [5.41, 5.74) is -0.576. The number of ether oxygens (including phenoxy) is 2. The molecular weight excluding hydrogens is 440 g/mol. The molecule has 2 aromatic rings. The van der Waals surface area contributed by atoms with Crippen molar-refractivity contribution in [2.45, 2.75) is 4.90 Å². The molecular formula is C20H24N4O7S. The molecule has 2 aromatic carbocycles. The standard InChI is InChI=1S/C20H24N4O7S/c21-32(28,29)17-6-7-19(18(14-17)24(26)27)31-15-20(25)23-10-8-22(9-11-23)12-13-30-16-4-2-1-3-5-16/h1-7,14H,8-13,15H2,(H2,21,28,29). The van der Waals surface area contributed by atoms with Crippen LogP contribution in [-0.2, 0) is 14.8 Å². The maximum Gasteiger partial charge on any atom is 0.312 e. The van der Waals surface area contributed by atoms with Crippen molar-refractivity contribution in [1.29, 1.82) is 0 Å². The fourth-order valence-electron chi connectivity index (χ4n) is 3.20. The molecule has 0 aliphatic carbocycles. The van der Waals surface area contributed by atoms with Crippen LogP contribution in [0.25, 0.3) is 0 Å². The van der Waals surface area contributed by atoms with Gasteiger partial charge in [0.15, 0.2) is 12.4 Å². The van der Waals surface area contributed by atoms with Crippen LogP contribution in [0.5, 0.6) is 11.5 Å². The number of nitro groups is 1. The summed E-state index contributed by atoms with van der Waals surface area (Å²) in [5.74, 6) is 0.298. The summed E-state index contributed by atoms with van der Waals surface area (Å²) in [5, 5.41) is 16.2. The molecule has 1 aliphatic heterocycles. The number of nitro benzene ring substituents is 1. The van der Waals surface area contributed by atoms with Gasteiger partial charge < -0.3 is 14.4 Å². The van der Waals surface area contributed by atoms with Crippen molar-refractivity contribution < 1.29 is 27.6 Å². The largest absolute Gasteiger partial charge is 0.492 e. The van der Waals surface area contributed by atoms with Crippen LogP contribution in [-0.4, -0.2) is 75.0 Å². The second-order valence-corrected chi connectivity index (χ2v) is 8.67. The SMILES string of the molecule is NS(=O)(=O)c1ccc(OCC(=O)N2CCN(CCOc3ccccc3)CC2)c([N+](=O)[O-])c1. The highest BCUT2D eigenvalue weighted by Crippen LogP contribution is 2.29. The lowest BCUT2D eigenvalue weighted by atomic mass is 10.3. The van der Waals surface area contributed by atoms with Gasteiger partial charge in [0.1, 0.15) is 12.4 Å². The summed E-state index contributed by atoms with van der Waals surface area (Å²) in [6, 6.07) is 12.5. The molecule has 0 saturated carbocycles. The molecule has 172 valence electrons.